The molecule has 0 aromatic heterocycles. The van der Waals surface area contributed by atoms with Gasteiger partial charge in [-0.15, -0.1) is 6.58 Å². The minimum absolute atomic E-state index is 0.0887. The van der Waals surface area contributed by atoms with Gasteiger partial charge in [-0.2, -0.15) is 0 Å². The quantitative estimate of drug-likeness (QED) is 0.130. The standard InChI is InChI=1S/C27H38O5Si/c1-6-13-26(31-22-30-19-18-29-5)23(20-28)21-32-33(27(2,3)4,24-14-9-7-10-15-24)25-16-11-8-12-17-25/h6-12,14-17,20,23,26H,1,13,18-19,21-22H2,2-5H3/t23-,26+/m0/s1. The third-order valence-corrected chi connectivity index (χ3v) is 10.8. The molecule has 2 rings (SSSR count). The molecule has 2 aromatic rings. The summed E-state index contributed by atoms with van der Waals surface area (Å²) < 4.78 is 23.3. The molecular weight excluding hydrogens is 432 g/mol. The molecule has 0 amide bonds. The zero-order valence-electron chi connectivity index (χ0n) is 20.4. The maximum Gasteiger partial charge on any atom is 0.261 e. The van der Waals surface area contributed by atoms with Crippen LogP contribution >= 0.6 is 0 Å². The molecule has 180 valence electrons. The lowest BCUT2D eigenvalue weighted by Crippen LogP contribution is -2.67. The molecule has 5 nitrogen and oxygen atoms in total. The van der Waals surface area contributed by atoms with Crippen LogP contribution in [0.4, 0.5) is 0 Å². The van der Waals surface area contributed by atoms with Gasteiger partial charge in [-0.1, -0.05) is 87.5 Å². The monoisotopic (exact) mass is 470 g/mol. The van der Waals surface area contributed by atoms with Crippen molar-refractivity contribution in [3.05, 3.63) is 73.3 Å². The second kappa shape index (κ2) is 13.6. The Balaban J connectivity index is 2.33. The molecule has 0 spiro atoms. The normalized spacial score (nSPS) is 13.9. The smallest absolute Gasteiger partial charge is 0.261 e. The van der Waals surface area contributed by atoms with Crippen LogP contribution in [0.1, 0.15) is 27.2 Å². The molecule has 0 unspecified atom stereocenters. The Morgan fingerprint density at radius 1 is 0.970 bits per heavy atom. The molecule has 0 aliphatic heterocycles. The molecule has 0 saturated heterocycles. The van der Waals surface area contributed by atoms with Crippen LogP contribution < -0.4 is 10.4 Å². The van der Waals surface area contributed by atoms with E-state index < -0.39 is 14.2 Å². The van der Waals surface area contributed by atoms with E-state index in [0.29, 0.717) is 19.6 Å². The van der Waals surface area contributed by atoms with Gasteiger partial charge in [-0.25, -0.2) is 0 Å². The number of carbonyl (C=O) groups excluding carboxylic acids is 1. The lowest BCUT2D eigenvalue weighted by Gasteiger charge is -2.43. The van der Waals surface area contributed by atoms with Crippen LogP contribution in [0.2, 0.25) is 5.04 Å². The van der Waals surface area contributed by atoms with Crippen LogP contribution in [-0.2, 0) is 23.4 Å². The van der Waals surface area contributed by atoms with Crippen molar-refractivity contribution in [2.45, 2.75) is 38.3 Å². The molecule has 0 bridgehead atoms. The summed E-state index contributed by atoms with van der Waals surface area (Å²) in [5, 5.41) is 2.19. The highest BCUT2D eigenvalue weighted by Gasteiger charge is 2.50. The molecule has 33 heavy (non-hydrogen) atoms. The van der Waals surface area contributed by atoms with Crippen LogP contribution in [0, 0.1) is 5.92 Å². The van der Waals surface area contributed by atoms with Crippen molar-refractivity contribution in [3.8, 4) is 0 Å². The van der Waals surface area contributed by atoms with E-state index in [9.17, 15) is 4.79 Å². The van der Waals surface area contributed by atoms with E-state index in [-0.39, 0.29) is 24.5 Å². The van der Waals surface area contributed by atoms with Crippen LogP contribution in [0.15, 0.2) is 73.3 Å². The Kier molecular flexibility index (Phi) is 11.2. The van der Waals surface area contributed by atoms with Crippen molar-refractivity contribution >= 4 is 25.0 Å². The van der Waals surface area contributed by atoms with Gasteiger partial charge in [-0.3, -0.25) is 0 Å². The van der Waals surface area contributed by atoms with Crippen molar-refractivity contribution in [2.24, 2.45) is 5.92 Å². The van der Waals surface area contributed by atoms with Gasteiger partial charge in [0.15, 0.2) is 0 Å². The fourth-order valence-electron chi connectivity index (χ4n) is 4.08. The third-order valence-electron chi connectivity index (χ3n) is 5.76. The van der Waals surface area contributed by atoms with Crippen molar-refractivity contribution in [1.29, 1.82) is 0 Å². The summed E-state index contributed by atoms with van der Waals surface area (Å²) in [7, 11) is -1.11. The van der Waals surface area contributed by atoms with Crippen molar-refractivity contribution in [3.63, 3.8) is 0 Å². The first-order chi connectivity index (χ1) is 15.9. The number of hydrogen-bond donors (Lipinski definition) is 0. The number of ether oxygens (including phenoxy) is 3. The van der Waals surface area contributed by atoms with Crippen molar-refractivity contribution in [1.82, 2.24) is 0 Å². The van der Waals surface area contributed by atoms with Crippen molar-refractivity contribution in [2.75, 3.05) is 33.7 Å². The summed E-state index contributed by atoms with van der Waals surface area (Å²) in [6.45, 7) is 11.8. The topological polar surface area (TPSA) is 54.0 Å². The first kappa shape index (κ1) is 27.2. The Labute approximate surface area is 199 Å². The Morgan fingerprint density at radius 3 is 2.00 bits per heavy atom. The van der Waals surface area contributed by atoms with Crippen molar-refractivity contribution < 1.29 is 23.4 Å². The number of methoxy groups -OCH3 is 1. The summed E-state index contributed by atoms with van der Waals surface area (Å²) in [6.07, 6.45) is 2.85. The van der Waals surface area contributed by atoms with E-state index in [1.165, 1.54) is 10.4 Å². The molecular formula is C27H38O5Si. The number of carbonyl (C=O) groups is 1. The highest BCUT2D eigenvalue weighted by molar-refractivity contribution is 6.99. The summed E-state index contributed by atoms with van der Waals surface area (Å²) in [5.41, 5.74) is 0. The van der Waals surface area contributed by atoms with Crippen LogP contribution in [0.5, 0.6) is 0 Å². The van der Waals surface area contributed by atoms with Gasteiger partial charge in [0.1, 0.15) is 13.1 Å². The molecule has 0 N–H and O–H groups in total. The lowest BCUT2D eigenvalue weighted by atomic mass is 10.0. The minimum Gasteiger partial charge on any atom is -0.407 e. The molecule has 0 fully saturated rings. The first-order valence-corrected chi connectivity index (χ1v) is 13.3. The minimum atomic E-state index is -2.73. The Bertz CT molecular complexity index is 780. The van der Waals surface area contributed by atoms with Gasteiger partial charge < -0.3 is 23.4 Å². The highest BCUT2D eigenvalue weighted by atomic mass is 28.4. The molecule has 2 atom stereocenters. The van der Waals surface area contributed by atoms with Gasteiger partial charge >= 0.3 is 0 Å². The largest absolute Gasteiger partial charge is 0.407 e. The van der Waals surface area contributed by atoms with Gasteiger partial charge in [-0.05, 0) is 21.8 Å². The zero-order valence-corrected chi connectivity index (χ0v) is 21.4. The maximum absolute atomic E-state index is 12.2. The maximum atomic E-state index is 12.2. The molecule has 2 aromatic carbocycles. The van der Waals surface area contributed by atoms with Gasteiger partial charge in [0, 0.05) is 13.7 Å². The van der Waals surface area contributed by atoms with E-state index in [1.807, 2.05) is 36.4 Å². The number of rotatable bonds is 15. The first-order valence-electron chi connectivity index (χ1n) is 11.4. The van der Waals surface area contributed by atoms with Crippen LogP contribution in [0.3, 0.4) is 0 Å². The number of aldehydes is 1. The van der Waals surface area contributed by atoms with Gasteiger partial charge in [0.25, 0.3) is 8.32 Å². The molecule has 0 radical (unpaired) electrons. The average Bonchev–Trinajstić information content (AvgIpc) is 2.82. The summed E-state index contributed by atoms with van der Waals surface area (Å²) in [5.74, 6) is -0.448. The fraction of sp³-hybridized carbons (Fsp3) is 0.444. The predicted octanol–water partition coefficient (Wildman–Crippen LogP) is 3.96. The SMILES string of the molecule is C=CC[C@@H](OCOCCOC)[C@@H](C=O)CO[Si](c1ccccc1)(c1ccccc1)C(C)(C)C. The summed E-state index contributed by atoms with van der Waals surface area (Å²) in [6, 6.07) is 20.8. The third kappa shape index (κ3) is 7.19. The average molecular weight is 471 g/mol. The van der Waals surface area contributed by atoms with Gasteiger partial charge in [0.2, 0.25) is 0 Å². The van der Waals surface area contributed by atoms with Crippen LogP contribution in [-0.4, -0.2) is 54.4 Å². The van der Waals surface area contributed by atoms with E-state index in [0.717, 1.165) is 6.29 Å². The number of benzene rings is 2. The second-order valence-electron chi connectivity index (χ2n) is 9.02. The highest BCUT2D eigenvalue weighted by Crippen LogP contribution is 2.37. The van der Waals surface area contributed by atoms with E-state index in [4.69, 9.17) is 18.6 Å². The molecule has 0 aliphatic carbocycles. The number of hydrogen-bond acceptors (Lipinski definition) is 5. The van der Waals surface area contributed by atoms with E-state index in [2.05, 4.69) is 51.6 Å². The Hall–Kier alpha value is -2.09. The molecule has 0 aliphatic rings. The summed E-state index contributed by atoms with van der Waals surface area (Å²) >= 11 is 0. The van der Waals surface area contributed by atoms with E-state index >= 15 is 0 Å². The summed E-state index contributed by atoms with van der Waals surface area (Å²) in [4.78, 5) is 12.2. The zero-order chi connectivity index (χ0) is 24.2. The molecule has 6 heteroatoms. The molecule has 0 heterocycles. The fourth-order valence-corrected chi connectivity index (χ4v) is 8.68. The Morgan fingerprint density at radius 2 is 1.55 bits per heavy atom. The van der Waals surface area contributed by atoms with E-state index in [1.54, 1.807) is 13.2 Å². The van der Waals surface area contributed by atoms with Gasteiger partial charge in [0.05, 0.1) is 25.2 Å². The molecule has 0 saturated carbocycles. The predicted molar refractivity (Wildman–Crippen MR) is 136 cm³/mol. The lowest BCUT2D eigenvalue weighted by molar-refractivity contribution is -0.132. The second-order valence-corrected chi connectivity index (χ2v) is 13.3. The van der Waals surface area contributed by atoms with Crippen LogP contribution in [0.25, 0.3) is 0 Å².